The van der Waals surface area contributed by atoms with Gasteiger partial charge >= 0.3 is 0 Å². The van der Waals surface area contributed by atoms with Crippen molar-refractivity contribution in [3.05, 3.63) is 59.1 Å². The zero-order valence-corrected chi connectivity index (χ0v) is 13.1. The molecule has 2 aromatic carbocycles. The van der Waals surface area contributed by atoms with Crippen LogP contribution in [0.3, 0.4) is 0 Å². The lowest BCUT2D eigenvalue weighted by Gasteiger charge is -2.18. The van der Waals surface area contributed by atoms with Crippen LogP contribution in [0.2, 0.25) is 5.02 Å². The number of imidazole rings is 1. The summed E-state index contributed by atoms with van der Waals surface area (Å²) >= 11 is 6.00. The molecule has 0 aliphatic carbocycles. The lowest BCUT2D eigenvalue weighted by Crippen LogP contribution is -2.22. The first-order chi connectivity index (χ1) is 10.8. The molecule has 1 aromatic heterocycles. The van der Waals surface area contributed by atoms with E-state index in [4.69, 9.17) is 16.6 Å². The molecule has 22 heavy (non-hydrogen) atoms. The number of rotatable bonds is 3. The van der Waals surface area contributed by atoms with Gasteiger partial charge in [-0.25, -0.2) is 4.98 Å². The molecule has 112 valence electrons. The summed E-state index contributed by atoms with van der Waals surface area (Å²) in [6.07, 6.45) is 2.51. The summed E-state index contributed by atoms with van der Waals surface area (Å²) in [5.41, 5.74) is 3.51. The van der Waals surface area contributed by atoms with Crippen LogP contribution in [0.5, 0.6) is 0 Å². The van der Waals surface area contributed by atoms with Crippen molar-refractivity contribution in [2.75, 3.05) is 18.0 Å². The van der Waals surface area contributed by atoms with Gasteiger partial charge in [-0.2, -0.15) is 0 Å². The lowest BCUT2D eigenvalue weighted by molar-refractivity contribution is 0.776. The van der Waals surface area contributed by atoms with E-state index in [1.807, 2.05) is 12.1 Å². The highest BCUT2D eigenvalue weighted by Crippen LogP contribution is 2.26. The number of nitrogens with zero attached hydrogens (tertiary/aromatic N) is 3. The molecule has 2 heterocycles. The predicted molar refractivity (Wildman–Crippen MR) is 91.7 cm³/mol. The monoisotopic (exact) mass is 311 g/mol. The summed E-state index contributed by atoms with van der Waals surface area (Å²) in [6, 6.07) is 16.4. The normalized spacial score (nSPS) is 14.9. The van der Waals surface area contributed by atoms with Gasteiger partial charge in [0.25, 0.3) is 0 Å². The summed E-state index contributed by atoms with van der Waals surface area (Å²) in [7, 11) is 0. The largest absolute Gasteiger partial charge is 0.342 e. The van der Waals surface area contributed by atoms with Gasteiger partial charge in [0.2, 0.25) is 5.95 Å². The second-order valence-electron chi connectivity index (χ2n) is 5.81. The first-order valence-corrected chi connectivity index (χ1v) is 8.14. The Morgan fingerprint density at radius 2 is 1.68 bits per heavy atom. The van der Waals surface area contributed by atoms with Gasteiger partial charge in [-0.1, -0.05) is 35.9 Å². The van der Waals surface area contributed by atoms with Gasteiger partial charge in [0.1, 0.15) is 0 Å². The SMILES string of the molecule is Clc1ccc(Cn2c(N3CCCC3)nc3ccccc32)cc1. The van der Waals surface area contributed by atoms with Crippen LogP contribution in [0.15, 0.2) is 48.5 Å². The minimum atomic E-state index is 0.777. The second-order valence-corrected chi connectivity index (χ2v) is 6.24. The van der Waals surface area contributed by atoms with Gasteiger partial charge in [-0.05, 0) is 42.7 Å². The summed E-state index contributed by atoms with van der Waals surface area (Å²) in [6.45, 7) is 3.03. The predicted octanol–water partition coefficient (Wildman–Crippen LogP) is 4.34. The Labute approximate surface area is 135 Å². The van der Waals surface area contributed by atoms with E-state index in [2.05, 4.69) is 45.9 Å². The number of fused-ring (bicyclic) bond motifs is 1. The van der Waals surface area contributed by atoms with Crippen LogP contribution in [-0.4, -0.2) is 22.6 Å². The lowest BCUT2D eigenvalue weighted by atomic mass is 10.2. The van der Waals surface area contributed by atoms with E-state index in [1.165, 1.54) is 23.9 Å². The Morgan fingerprint density at radius 1 is 0.955 bits per heavy atom. The molecule has 3 aromatic rings. The van der Waals surface area contributed by atoms with E-state index in [-0.39, 0.29) is 0 Å². The average molecular weight is 312 g/mol. The topological polar surface area (TPSA) is 21.1 Å². The zero-order chi connectivity index (χ0) is 14.9. The first kappa shape index (κ1) is 13.6. The first-order valence-electron chi connectivity index (χ1n) is 7.76. The molecule has 1 fully saturated rings. The van der Waals surface area contributed by atoms with Gasteiger partial charge < -0.3 is 9.47 Å². The maximum absolute atomic E-state index is 6.00. The Bertz CT molecular complexity index is 786. The van der Waals surface area contributed by atoms with Gasteiger partial charge in [-0.3, -0.25) is 0 Å². The molecule has 0 amide bonds. The van der Waals surface area contributed by atoms with Crippen LogP contribution < -0.4 is 4.90 Å². The summed E-state index contributed by atoms with van der Waals surface area (Å²) in [5, 5.41) is 0.777. The van der Waals surface area contributed by atoms with Crippen LogP contribution in [0.25, 0.3) is 11.0 Å². The van der Waals surface area contributed by atoms with Gasteiger partial charge in [-0.15, -0.1) is 0 Å². The molecular weight excluding hydrogens is 294 g/mol. The molecule has 3 nitrogen and oxygen atoms in total. The van der Waals surface area contributed by atoms with Crippen molar-refractivity contribution in [3.63, 3.8) is 0 Å². The quantitative estimate of drug-likeness (QED) is 0.717. The van der Waals surface area contributed by atoms with Crippen molar-refractivity contribution in [2.24, 2.45) is 0 Å². The van der Waals surface area contributed by atoms with Crippen LogP contribution >= 0.6 is 11.6 Å². The number of aromatic nitrogens is 2. The van der Waals surface area contributed by atoms with E-state index in [1.54, 1.807) is 0 Å². The van der Waals surface area contributed by atoms with E-state index in [9.17, 15) is 0 Å². The van der Waals surface area contributed by atoms with Crippen molar-refractivity contribution < 1.29 is 0 Å². The maximum Gasteiger partial charge on any atom is 0.206 e. The number of benzene rings is 2. The zero-order valence-electron chi connectivity index (χ0n) is 12.4. The highest BCUT2D eigenvalue weighted by molar-refractivity contribution is 6.30. The smallest absolute Gasteiger partial charge is 0.206 e. The number of hydrogen-bond acceptors (Lipinski definition) is 2. The van der Waals surface area contributed by atoms with Crippen LogP contribution in [0.1, 0.15) is 18.4 Å². The second kappa shape index (κ2) is 5.65. The summed E-state index contributed by atoms with van der Waals surface area (Å²) < 4.78 is 2.32. The number of anilines is 1. The van der Waals surface area contributed by atoms with E-state index >= 15 is 0 Å². The molecule has 1 saturated heterocycles. The molecule has 0 bridgehead atoms. The molecule has 1 aliphatic rings. The summed E-state index contributed by atoms with van der Waals surface area (Å²) in [5.74, 6) is 1.09. The fourth-order valence-corrected chi connectivity index (χ4v) is 3.28. The number of hydrogen-bond donors (Lipinski definition) is 0. The fraction of sp³-hybridized carbons (Fsp3) is 0.278. The molecule has 0 atom stereocenters. The Balaban J connectivity index is 1.79. The molecule has 4 heteroatoms. The summed E-state index contributed by atoms with van der Waals surface area (Å²) in [4.78, 5) is 7.27. The molecule has 0 spiro atoms. The third kappa shape index (κ3) is 2.46. The van der Waals surface area contributed by atoms with Crippen LogP contribution in [0.4, 0.5) is 5.95 Å². The van der Waals surface area contributed by atoms with Gasteiger partial charge in [0, 0.05) is 18.1 Å². The fourth-order valence-electron chi connectivity index (χ4n) is 3.15. The molecule has 4 rings (SSSR count). The van der Waals surface area contributed by atoms with Crippen molar-refractivity contribution in [1.29, 1.82) is 0 Å². The molecule has 0 N–H and O–H groups in total. The number of para-hydroxylation sites is 2. The Morgan fingerprint density at radius 3 is 2.45 bits per heavy atom. The maximum atomic E-state index is 6.00. The third-order valence-corrected chi connectivity index (χ3v) is 4.53. The van der Waals surface area contributed by atoms with Crippen molar-refractivity contribution in [3.8, 4) is 0 Å². The van der Waals surface area contributed by atoms with E-state index in [0.29, 0.717) is 0 Å². The van der Waals surface area contributed by atoms with Crippen molar-refractivity contribution >= 4 is 28.6 Å². The highest BCUT2D eigenvalue weighted by Gasteiger charge is 2.20. The molecule has 0 unspecified atom stereocenters. The Kier molecular flexibility index (Phi) is 3.51. The van der Waals surface area contributed by atoms with Crippen LogP contribution in [-0.2, 0) is 6.54 Å². The van der Waals surface area contributed by atoms with Crippen molar-refractivity contribution in [1.82, 2.24) is 9.55 Å². The molecule has 0 radical (unpaired) electrons. The molecular formula is C18H18ClN3. The average Bonchev–Trinajstić information content (AvgIpc) is 3.18. The molecule has 0 saturated carbocycles. The number of halogens is 1. The van der Waals surface area contributed by atoms with E-state index in [0.717, 1.165) is 36.1 Å². The van der Waals surface area contributed by atoms with Crippen molar-refractivity contribution in [2.45, 2.75) is 19.4 Å². The third-order valence-electron chi connectivity index (χ3n) is 4.28. The van der Waals surface area contributed by atoms with Gasteiger partial charge in [0.15, 0.2) is 0 Å². The van der Waals surface area contributed by atoms with Gasteiger partial charge in [0.05, 0.1) is 17.6 Å². The minimum absolute atomic E-state index is 0.777. The van der Waals surface area contributed by atoms with Crippen LogP contribution in [0, 0.1) is 0 Å². The molecule has 1 aliphatic heterocycles. The standard InChI is InChI=1S/C18H18ClN3/c19-15-9-7-14(8-10-15)13-22-17-6-2-1-5-16(17)20-18(22)21-11-3-4-12-21/h1-2,5-10H,3-4,11-13H2. The minimum Gasteiger partial charge on any atom is -0.342 e. The van der Waals surface area contributed by atoms with E-state index < -0.39 is 0 Å². The Hall–Kier alpha value is -2.00. The highest BCUT2D eigenvalue weighted by atomic mass is 35.5.